The van der Waals surface area contributed by atoms with Crippen molar-refractivity contribution in [3.8, 4) is 5.69 Å². The van der Waals surface area contributed by atoms with E-state index >= 15 is 0 Å². The van der Waals surface area contributed by atoms with Crippen LogP contribution in [-0.4, -0.2) is 31.6 Å². The number of hydrogen-bond acceptors (Lipinski definition) is 7. The fourth-order valence-electron chi connectivity index (χ4n) is 3.07. The van der Waals surface area contributed by atoms with Gasteiger partial charge in [-0.2, -0.15) is 5.10 Å². The van der Waals surface area contributed by atoms with Crippen molar-refractivity contribution in [3.63, 3.8) is 0 Å². The minimum atomic E-state index is -0.264. The predicted octanol–water partition coefficient (Wildman–Crippen LogP) is 4.82. The summed E-state index contributed by atoms with van der Waals surface area (Å²) in [7, 11) is 0. The molecule has 0 radical (unpaired) electrons. The first-order chi connectivity index (χ1) is 15.5. The summed E-state index contributed by atoms with van der Waals surface area (Å²) in [5, 5.41) is 19.5. The minimum absolute atomic E-state index is 0.134. The molecule has 2 N–H and O–H groups in total. The van der Waals surface area contributed by atoms with Crippen LogP contribution in [0.15, 0.2) is 58.9 Å². The maximum atomic E-state index is 13.0. The molecule has 2 aromatic heterocycles. The number of aromatic nitrogens is 4. The number of carbonyl (C=O) groups is 1. The van der Waals surface area contributed by atoms with Gasteiger partial charge < -0.3 is 10.6 Å². The van der Waals surface area contributed by atoms with Crippen molar-refractivity contribution in [1.29, 1.82) is 0 Å². The highest BCUT2D eigenvalue weighted by molar-refractivity contribution is 8.01. The molecule has 0 saturated heterocycles. The van der Waals surface area contributed by atoms with Crippen molar-refractivity contribution in [2.45, 2.75) is 24.7 Å². The summed E-state index contributed by atoms with van der Waals surface area (Å²) >= 11 is 2.69. The van der Waals surface area contributed by atoms with E-state index in [1.807, 2.05) is 48.9 Å². The van der Waals surface area contributed by atoms with Gasteiger partial charge in [-0.15, -0.1) is 10.2 Å². The Morgan fingerprint density at radius 3 is 2.59 bits per heavy atom. The number of amides is 1. The molecular formula is C22H21FN6OS2. The first-order valence-corrected chi connectivity index (χ1v) is 11.7. The Morgan fingerprint density at radius 1 is 1.09 bits per heavy atom. The summed E-state index contributed by atoms with van der Waals surface area (Å²) in [4.78, 5) is 12.5. The number of nitrogens with zero attached hydrogens (tertiary/aromatic N) is 4. The summed E-state index contributed by atoms with van der Waals surface area (Å²) in [6.45, 7) is 4.32. The number of nitrogens with one attached hydrogen (secondary N) is 2. The van der Waals surface area contributed by atoms with E-state index in [0.29, 0.717) is 16.0 Å². The molecule has 0 bridgehead atoms. The lowest BCUT2D eigenvalue weighted by molar-refractivity contribution is -0.113. The molecule has 4 rings (SSSR count). The lowest BCUT2D eigenvalue weighted by Crippen LogP contribution is -2.15. The van der Waals surface area contributed by atoms with E-state index in [0.717, 1.165) is 28.3 Å². The highest BCUT2D eigenvalue weighted by Gasteiger charge is 2.16. The fraction of sp³-hybridized carbons (Fsp3) is 0.182. The quantitative estimate of drug-likeness (QED) is 0.361. The van der Waals surface area contributed by atoms with Crippen LogP contribution >= 0.6 is 23.1 Å². The summed E-state index contributed by atoms with van der Waals surface area (Å²) in [5.74, 6) is -0.189. The number of para-hydroxylation sites is 1. The molecule has 7 nitrogen and oxygen atoms in total. The average Bonchev–Trinajstić information content (AvgIpc) is 3.37. The Labute approximate surface area is 193 Å². The highest BCUT2D eigenvalue weighted by atomic mass is 32.2. The Bertz CT molecular complexity index is 1210. The summed E-state index contributed by atoms with van der Waals surface area (Å²) in [5.41, 5.74) is 4.23. The molecular weight excluding hydrogens is 447 g/mol. The van der Waals surface area contributed by atoms with Gasteiger partial charge in [0, 0.05) is 6.54 Å². The number of rotatable bonds is 8. The molecule has 0 unspecified atom stereocenters. The summed E-state index contributed by atoms with van der Waals surface area (Å²) < 4.78 is 15.5. The summed E-state index contributed by atoms with van der Waals surface area (Å²) in [6.07, 6.45) is 0. The molecule has 0 aliphatic rings. The number of carbonyl (C=O) groups excluding carboxylic acids is 1. The Kier molecular flexibility index (Phi) is 6.81. The lowest BCUT2D eigenvalue weighted by atomic mass is 10.2. The maximum Gasteiger partial charge on any atom is 0.234 e. The SMILES string of the molecule is Cc1nn(-c2ccccc2)c(C)c1NC(=O)CSc1nnc(NCc2ccc(F)cc2)s1. The first kappa shape index (κ1) is 22.0. The van der Waals surface area contributed by atoms with Crippen LogP contribution in [0.3, 0.4) is 0 Å². The molecule has 0 fully saturated rings. The van der Waals surface area contributed by atoms with Gasteiger partial charge >= 0.3 is 0 Å². The fourth-order valence-corrected chi connectivity index (χ4v) is 4.61. The number of thioether (sulfide) groups is 1. The van der Waals surface area contributed by atoms with Gasteiger partial charge in [0.1, 0.15) is 5.82 Å². The first-order valence-electron chi connectivity index (χ1n) is 9.85. The molecule has 10 heteroatoms. The van der Waals surface area contributed by atoms with E-state index in [2.05, 4.69) is 25.9 Å². The van der Waals surface area contributed by atoms with Gasteiger partial charge in [-0.05, 0) is 43.7 Å². The van der Waals surface area contributed by atoms with E-state index in [-0.39, 0.29) is 17.5 Å². The highest BCUT2D eigenvalue weighted by Crippen LogP contribution is 2.27. The maximum absolute atomic E-state index is 13.0. The minimum Gasteiger partial charge on any atom is -0.356 e. The van der Waals surface area contributed by atoms with Crippen molar-refractivity contribution >= 4 is 39.8 Å². The third-order valence-corrected chi connectivity index (χ3v) is 6.66. The zero-order valence-corrected chi connectivity index (χ0v) is 19.1. The van der Waals surface area contributed by atoms with E-state index in [1.165, 1.54) is 35.2 Å². The average molecular weight is 469 g/mol. The normalized spacial score (nSPS) is 10.8. The van der Waals surface area contributed by atoms with Crippen molar-refractivity contribution in [3.05, 3.63) is 77.4 Å². The van der Waals surface area contributed by atoms with Crippen LogP contribution in [0.2, 0.25) is 0 Å². The largest absolute Gasteiger partial charge is 0.356 e. The Balaban J connectivity index is 1.31. The molecule has 1 amide bonds. The van der Waals surface area contributed by atoms with Crippen LogP contribution in [0.25, 0.3) is 5.69 Å². The second kappa shape index (κ2) is 9.92. The van der Waals surface area contributed by atoms with Gasteiger partial charge in [0.15, 0.2) is 4.34 Å². The third-order valence-electron chi connectivity index (χ3n) is 4.65. The second-order valence-corrected chi connectivity index (χ2v) is 9.18. The topological polar surface area (TPSA) is 84.7 Å². The Morgan fingerprint density at radius 2 is 1.84 bits per heavy atom. The lowest BCUT2D eigenvalue weighted by Gasteiger charge is -2.06. The van der Waals surface area contributed by atoms with Gasteiger partial charge in [-0.3, -0.25) is 4.79 Å². The number of anilines is 2. The molecule has 4 aromatic rings. The summed E-state index contributed by atoms with van der Waals surface area (Å²) in [6, 6.07) is 16.1. The number of hydrogen-bond donors (Lipinski definition) is 2. The molecule has 0 atom stereocenters. The molecule has 0 aliphatic carbocycles. The molecule has 164 valence electrons. The zero-order chi connectivity index (χ0) is 22.5. The standard InChI is InChI=1S/C22H21FN6OS2/c1-14-20(15(2)29(28-14)18-6-4-3-5-7-18)25-19(30)13-31-22-27-26-21(32-22)24-12-16-8-10-17(23)11-9-16/h3-11H,12-13H2,1-2H3,(H,24,26)(H,25,30). The molecule has 32 heavy (non-hydrogen) atoms. The second-order valence-electron chi connectivity index (χ2n) is 6.98. The number of halogens is 1. The zero-order valence-electron chi connectivity index (χ0n) is 17.5. The monoisotopic (exact) mass is 468 g/mol. The van der Waals surface area contributed by atoms with E-state index < -0.39 is 0 Å². The van der Waals surface area contributed by atoms with Crippen molar-refractivity contribution in [2.75, 3.05) is 16.4 Å². The molecule has 0 saturated carbocycles. The van der Waals surface area contributed by atoms with Crippen LogP contribution in [0.1, 0.15) is 17.0 Å². The van der Waals surface area contributed by atoms with Crippen molar-refractivity contribution in [1.82, 2.24) is 20.0 Å². The predicted molar refractivity (Wildman–Crippen MR) is 126 cm³/mol. The van der Waals surface area contributed by atoms with E-state index in [9.17, 15) is 9.18 Å². The molecule has 0 spiro atoms. The number of benzene rings is 2. The molecule has 2 heterocycles. The van der Waals surface area contributed by atoms with Gasteiger partial charge in [0.05, 0.1) is 28.5 Å². The van der Waals surface area contributed by atoms with Gasteiger partial charge in [-0.25, -0.2) is 9.07 Å². The van der Waals surface area contributed by atoms with Gasteiger partial charge in [0.2, 0.25) is 11.0 Å². The molecule has 2 aromatic carbocycles. The smallest absolute Gasteiger partial charge is 0.234 e. The Hall–Kier alpha value is -3.24. The van der Waals surface area contributed by atoms with Gasteiger partial charge in [-0.1, -0.05) is 53.4 Å². The van der Waals surface area contributed by atoms with Crippen LogP contribution in [0, 0.1) is 19.7 Å². The van der Waals surface area contributed by atoms with Crippen molar-refractivity contribution in [2.24, 2.45) is 0 Å². The van der Waals surface area contributed by atoms with Crippen molar-refractivity contribution < 1.29 is 9.18 Å². The van der Waals surface area contributed by atoms with E-state index in [4.69, 9.17) is 0 Å². The van der Waals surface area contributed by atoms with E-state index in [1.54, 1.807) is 12.1 Å². The van der Waals surface area contributed by atoms with Crippen LogP contribution in [0.5, 0.6) is 0 Å². The molecule has 0 aliphatic heterocycles. The van der Waals surface area contributed by atoms with Gasteiger partial charge in [0.25, 0.3) is 0 Å². The van der Waals surface area contributed by atoms with Crippen LogP contribution in [0.4, 0.5) is 15.2 Å². The number of aryl methyl sites for hydroxylation is 1. The third kappa shape index (κ3) is 5.32. The van der Waals surface area contributed by atoms with Crippen LogP contribution in [-0.2, 0) is 11.3 Å². The van der Waals surface area contributed by atoms with Crippen LogP contribution < -0.4 is 10.6 Å².